The molecule has 1 heterocycles. The lowest BCUT2D eigenvalue weighted by atomic mass is 9.97. The Balaban J connectivity index is 1.33. The Hall–Kier alpha value is -3.18. The van der Waals surface area contributed by atoms with Crippen molar-refractivity contribution in [3.05, 3.63) is 125 Å². The number of phenols is 1. The van der Waals surface area contributed by atoms with Gasteiger partial charge in [0.05, 0.1) is 24.9 Å². The molecule has 1 amide bonds. The first-order chi connectivity index (χ1) is 22.5. The topological polar surface area (TPSA) is 111 Å². The van der Waals surface area contributed by atoms with Gasteiger partial charge in [-0.25, -0.2) is 0 Å². The molecule has 0 aromatic heterocycles. The van der Waals surface area contributed by atoms with Crippen molar-refractivity contribution in [1.29, 1.82) is 0 Å². The highest BCUT2D eigenvalue weighted by Gasteiger charge is 2.33. The van der Waals surface area contributed by atoms with Crippen molar-refractivity contribution in [2.24, 2.45) is 0 Å². The number of aliphatic hydroxyl groups excluding tert-OH is 2. The first kappa shape index (κ1) is 35.1. The zero-order valence-corrected chi connectivity index (χ0v) is 28.0. The van der Waals surface area contributed by atoms with Crippen LogP contribution in [0.2, 0.25) is 0 Å². The number of carbonyl (C=O) groups is 1. The maximum absolute atomic E-state index is 12.1. The molecule has 0 radical (unpaired) electrons. The number of aromatic hydroxyl groups is 1. The van der Waals surface area contributed by atoms with Crippen LogP contribution in [0.15, 0.2) is 97.1 Å². The van der Waals surface area contributed by atoms with Gasteiger partial charge in [-0.05, 0) is 52.6 Å². The van der Waals surface area contributed by atoms with Crippen molar-refractivity contribution in [2.45, 2.75) is 48.0 Å². The molecule has 4 aromatic rings. The van der Waals surface area contributed by atoms with Gasteiger partial charge in [0, 0.05) is 31.6 Å². The van der Waals surface area contributed by atoms with E-state index in [0.717, 1.165) is 33.4 Å². The minimum absolute atomic E-state index is 0.0404. The highest BCUT2D eigenvalue weighted by Crippen LogP contribution is 2.39. The Kier molecular flexibility index (Phi) is 11.8. The number of hydrogen-bond acceptors (Lipinski definition) is 7. The van der Waals surface area contributed by atoms with Crippen LogP contribution in [0.1, 0.15) is 52.7 Å². The van der Waals surface area contributed by atoms with Crippen LogP contribution in [0.5, 0.6) is 5.75 Å². The predicted octanol–water partition coefficient (Wildman–Crippen LogP) is 6.75. The highest BCUT2D eigenvalue weighted by molar-refractivity contribution is 6.76. The molecule has 1 saturated heterocycles. The molecule has 5 rings (SSSR count). The summed E-state index contributed by atoms with van der Waals surface area (Å²) in [4.78, 5) is 14.1. The van der Waals surface area contributed by atoms with Gasteiger partial charge in [0.1, 0.15) is 5.75 Å². The number of benzene rings is 4. The van der Waals surface area contributed by atoms with Crippen molar-refractivity contribution >= 4 is 40.7 Å². The Bertz CT molecular complexity index is 1630. The van der Waals surface area contributed by atoms with E-state index in [1.807, 2.05) is 84.7 Å². The van der Waals surface area contributed by atoms with Crippen molar-refractivity contribution in [3.8, 4) is 16.9 Å². The smallest absolute Gasteiger partial charge is 0.272 e. The van der Waals surface area contributed by atoms with E-state index in [1.165, 1.54) is 0 Å². The monoisotopic (exact) mass is 698 g/mol. The first-order valence-electron chi connectivity index (χ1n) is 15.2. The lowest BCUT2D eigenvalue weighted by Gasteiger charge is -2.38. The molecule has 0 saturated carbocycles. The Morgan fingerprint density at radius 2 is 1.66 bits per heavy atom. The molecule has 1 aliphatic rings. The normalized spacial score (nSPS) is 19.0. The summed E-state index contributed by atoms with van der Waals surface area (Å²) in [5, 5.41) is 32.8. The molecule has 0 spiro atoms. The fraction of sp³-hybridized carbons (Fsp3) is 0.306. The number of alkyl halides is 3. The van der Waals surface area contributed by atoms with E-state index in [1.54, 1.807) is 24.3 Å². The Morgan fingerprint density at radius 3 is 2.34 bits per heavy atom. The van der Waals surface area contributed by atoms with E-state index in [-0.39, 0.29) is 31.1 Å². The van der Waals surface area contributed by atoms with Crippen molar-refractivity contribution in [1.82, 2.24) is 10.2 Å². The van der Waals surface area contributed by atoms with Gasteiger partial charge >= 0.3 is 0 Å². The molecule has 1 aliphatic heterocycles. The largest absolute Gasteiger partial charge is 0.508 e. The van der Waals surface area contributed by atoms with Crippen LogP contribution in [0.4, 0.5) is 0 Å². The van der Waals surface area contributed by atoms with Gasteiger partial charge in [0.2, 0.25) is 0 Å². The molecular weight excluding hydrogens is 663 g/mol. The lowest BCUT2D eigenvalue weighted by Crippen LogP contribution is -2.39. The summed E-state index contributed by atoms with van der Waals surface area (Å²) in [5.41, 5.74) is 5.97. The van der Waals surface area contributed by atoms with Crippen molar-refractivity contribution in [3.63, 3.8) is 0 Å². The highest BCUT2D eigenvalue weighted by atomic mass is 35.6. The maximum Gasteiger partial charge on any atom is 0.272 e. The average Bonchev–Trinajstić information content (AvgIpc) is 3.06. The Labute approximate surface area is 289 Å². The third-order valence-corrected chi connectivity index (χ3v) is 8.59. The number of nitrogens with one attached hydrogen (secondary N) is 1. The second-order valence-corrected chi connectivity index (χ2v) is 13.9. The van der Waals surface area contributed by atoms with Gasteiger partial charge in [0.25, 0.3) is 9.70 Å². The number of amides is 1. The van der Waals surface area contributed by atoms with E-state index in [0.29, 0.717) is 25.1 Å². The minimum Gasteiger partial charge on any atom is -0.508 e. The molecule has 11 heteroatoms. The maximum atomic E-state index is 12.1. The second-order valence-electron chi connectivity index (χ2n) is 11.6. The van der Waals surface area contributed by atoms with Crippen LogP contribution in [-0.4, -0.2) is 56.2 Å². The number of likely N-dealkylation sites (N-methyl/N-ethyl adjacent to an activating group) is 1. The van der Waals surface area contributed by atoms with Gasteiger partial charge in [-0.15, -0.1) is 0 Å². The van der Waals surface area contributed by atoms with E-state index in [9.17, 15) is 20.1 Å². The molecule has 8 nitrogen and oxygen atoms in total. The summed E-state index contributed by atoms with van der Waals surface area (Å²) in [6.45, 7) is 1.03. The number of halogens is 3. The lowest BCUT2D eigenvalue weighted by molar-refractivity contribution is -0.252. The van der Waals surface area contributed by atoms with E-state index in [4.69, 9.17) is 44.3 Å². The van der Waals surface area contributed by atoms with E-state index < -0.39 is 22.1 Å². The minimum atomic E-state index is -2.05. The predicted molar refractivity (Wildman–Crippen MR) is 183 cm³/mol. The van der Waals surface area contributed by atoms with Gasteiger partial charge in [0.15, 0.2) is 6.29 Å². The number of ether oxygens (including phenoxy) is 2. The van der Waals surface area contributed by atoms with Gasteiger partial charge in [-0.1, -0.05) is 120 Å². The van der Waals surface area contributed by atoms with Gasteiger partial charge in [-0.3, -0.25) is 4.79 Å². The number of nitrogens with zero attached hydrogens (tertiary/aromatic N) is 1. The molecular formula is C36H37Cl3N2O6. The van der Waals surface area contributed by atoms with E-state index in [2.05, 4.69) is 5.32 Å². The van der Waals surface area contributed by atoms with Crippen LogP contribution < -0.4 is 5.32 Å². The third-order valence-electron chi connectivity index (χ3n) is 8.08. The molecule has 4 aromatic carbocycles. The number of carbonyl (C=O) groups excluding carboxylic acids is 1. The average molecular weight is 700 g/mol. The number of phenolic OH excluding ortho intramolecular Hbond substituents is 1. The van der Waals surface area contributed by atoms with Crippen LogP contribution in [0, 0.1) is 0 Å². The second kappa shape index (κ2) is 15.8. The molecule has 0 unspecified atom stereocenters. The molecule has 4 atom stereocenters. The van der Waals surface area contributed by atoms with E-state index >= 15 is 0 Å². The molecule has 1 fully saturated rings. The summed E-state index contributed by atoms with van der Waals surface area (Å²) < 4.78 is 11.0. The summed E-state index contributed by atoms with van der Waals surface area (Å²) in [6, 6.07) is 29.9. The molecule has 248 valence electrons. The Morgan fingerprint density at radius 1 is 0.957 bits per heavy atom. The van der Waals surface area contributed by atoms with Gasteiger partial charge in [-0.2, -0.15) is 0 Å². The van der Waals surface area contributed by atoms with Crippen LogP contribution in [0.25, 0.3) is 11.1 Å². The fourth-order valence-corrected chi connectivity index (χ4v) is 5.84. The molecule has 0 aliphatic carbocycles. The van der Waals surface area contributed by atoms with Crippen molar-refractivity contribution in [2.75, 3.05) is 20.1 Å². The summed E-state index contributed by atoms with van der Waals surface area (Å²) in [5.74, 6) is -0.593. The number of rotatable bonds is 11. The number of aliphatic hydroxyl groups is 2. The summed E-state index contributed by atoms with van der Waals surface area (Å²) in [6.07, 6.45) is -1.34. The first-order valence-corrected chi connectivity index (χ1v) is 16.3. The molecule has 0 bridgehead atoms. The number of hydrogen-bond donors (Lipinski definition) is 4. The molecule has 4 N–H and O–H groups in total. The molecule has 47 heavy (non-hydrogen) atoms. The standard InChI is InChI=1S/C36H37Cl3N2O6/c1-41(21-32(44)27-6-4-7-29(43)17-27)20-30-18-33(25-11-9-23(22-42)10-12-25)47-34(46-30)26-15-13-24(14-16-26)31-8-3-2-5-28(31)19-40-35(45)36(37,38)39/h2-17,30,32-34,42-44H,18-22H2,1H3,(H,40,45)/t30-,32+,33+,34+/m0/s1. The third kappa shape index (κ3) is 9.47. The zero-order valence-electron chi connectivity index (χ0n) is 25.7. The van der Waals surface area contributed by atoms with Crippen LogP contribution >= 0.6 is 34.8 Å². The summed E-state index contributed by atoms with van der Waals surface area (Å²) in [7, 11) is 1.92. The SMILES string of the molecule is CN(C[C@@H]1C[C@H](c2ccc(CO)cc2)O[C@H](c2ccc(-c3ccccc3CNC(=O)C(Cl)(Cl)Cl)cc2)O1)C[C@@H](O)c1cccc(O)c1. The van der Waals surface area contributed by atoms with Gasteiger partial charge < -0.3 is 35.0 Å². The van der Waals surface area contributed by atoms with Crippen molar-refractivity contribution < 1.29 is 29.6 Å². The summed E-state index contributed by atoms with van der Waals surface area (Å²) >= 11 is 17.1. The zero-order chi connectivity index (χ0) is 33.6. The quantitative estimate of drug-likeness (QED) is 0.128. The fourth-order valence-electron chi connectivity index (χ4n) is 5.64. The van der Waals surface area contributed by atoms with Crippen LogP contribution in [-0.2, 0) is 27.4 Å². The van der Waals surface area contributed by atoms with Crippen LogP contribution in [0.3, 0.4) is 0 Å².